The van der Waals surface area contributed by atoms with Gasteiger partial charge in [0.05, 0.1) is 12.2 Å². The van der Waals surface area contributed by atoms with Gasteiger partial charge in [-0.1, -0.05) is 19.1 Å². The van der Waals surface area contributed by atoms with Crippen LogP contribution in [0.3, 0.4) is 0 Å². The third-order valence-corrected chi connectivity index (χ3v) is 3.75. The molecule has 1 aliphatic rings. The predicted octanol–water partition coefficient (Wildman–Crippen LogP) is 3.38. The fourth-order valence-electron chi connectivity index (χ4n) is 2.78. The molecule has 3 nitrogen and oxygen atoms in total. The van der Waals surface area contributed by atoms with Crippen molar-refractivity contribution in [2.75, 3.05) is 13.2 Å². The summed E-state index contributed by atoms with van der Waals surface area (Å²) in [6.07, 6.45) is 2.96. The number of rotatable bonds is 7. The van der Waals surface area contributed by atoms with Crippen LogP contribution in [-0.4, -0.2) is 25.4 Å². The summed E-state index contributed by atoms with van der Waals surface area (Å²) in [6, 6.07) is 8.34. The monoisotopic (exact) mass is 277 g/mol. The van der Waals surface area contributed by atoms with Gasteiger partial charge in [-0.05, 0) is 50.3 Å². The lowest BCUT2D eigenvalue weighted by Crippen LogP contribution is -2.27. The Morgan fingerprint density at radius 3 is 3.00 bits per heavy atom. The molecule has 2 rings (SSSR count). The van der Waals surface area contributed by atoms with E-state index in [9.17, 15) is 0 Å². The highest BCUT2D eigenvalue weighted by molar-refractivity contribution is 5.28. The Morgan fingerprint density at radius 1 is 1.40 bits per heavy atom. The van der Waals surface area contributed by atoms with E-state index in [0.29, 0.717) is 12.0 Å². The lowest BCUT2D eigenvalue weighted by molar-refractivity contribution is 0.0872. The van der Waals surface area contributed by atoms with Gasteiger partial charge in [0.15, 0.2) is 0 Å². The molecule has 2 unspecified atom stereocenters. The number of nitrogens with one attached hydrogen (secondary N) is 1. The molecule has 1 aliphatic heterocycles. The molecule has 1 N–H and O–H groups in total. The van der Waals surface area contributed by atoms with Crippen molar-refractivity contribution in [3.63, 3.8) is 0 Å². The van der Waals surface area contributed by atoms with Crippen molar-refractivity contribution in [1.82, 2.24) is 5.32 Å². The highest BCUT2D eigenvalue weighted by Crippen LogP contribution is 2.22. The smallest absolute Gasteiger partial charge is 0.120 e. The zero-order chi connectivity index (χ0) is 14.4. The molecular weight excluding hydrogens is 250 g/mol. The summed E-state index contributed by atoms with van der Waals surface area (Å²) in [5.41, 5.74) is 1.27. The average Bonchev–Trinajstić information content (AvgIpc) is 2.86. The van der Waals surface area contributed by atoms with Gasteiger partial charge in [-0.15, -0.1) is 0 Å². The Kier molecular flexibility index (Phi) is 5.86. The summed E-state index contributed by atoms with van der Waals surface area (Å²) >= 11 is 0. The summed E-state index contributed by atoms with van der Waals surface area (Å²) < 4.78 is 11.4. The minimum absolute atomic E-state index is 0.221. The van der Waals surface area contributed by atoms with Crippen LogP contribution in [0.5, 0.6) is 5.75 Å². The summed E-state index contributed by atoms with van der Waals surface area (Å²) in [5, 5.41) is 3.55. The highest BCUT2D eigenvalue weighted by Gasteiger charge is 2.25. The number of hydrogen-bond acceptors (Lipinski definition) is 3. The standard InChI is InChI=1S/C17H27NO2/c1-4-17-15(8-9-19-17)12-18-11-14-6-5-7-16(10-14)20-13(2)3/h5-7,10,13,15,17-18H,4,8-9,11-12H2,1-3H3. The van der Waals surface area contributed by atoms with E-state index in [1.165, 1.54) is 12.0 Å². The molecule has 3 heteroatoms. The van der Waals surface area contributed by atoms with Crippen LogP contribution < -0.4 is 10.1 Å². The van der Waals surface area contributed by atoms with E-state index >= 15 is 0 Å². The van der Waals surface area contributed by atoms with Gasteiger partial charge in [0.25, 0.3) is 0 Å². The Labute approximate surface area is 122 Å². The van der Waals surface area contributed by atoms with Crippen LogP contribution in [0.15, 0.2) is 24.3 Å². The third-order valence-electron chi connectivity index (χ3n) is 3.75. The zero-order valence-electron chi connectivity index (χ0n) is 12.9. The molecule has 2 atom stereocenters. The minimum atomic E-state index is 0.221. The maximum Gasteiger partial charge on any atom is 0.120 e. The molecule has 0 spiro atoms. The third kappa shape index (κ3) is 4.50. The van der Waals surface area contributed by atoms with Crippen LogP contribution in [0, 0.1) is 5.92 Å². The maximum atomic E-state index is 5.72. The van der Waals surface area contributed by atoms with E-state index in [2.05, 4.69) is 44.3 Å². The van der Waals surface area contributed by atoms with Gasteiger partial charge in [-0.2, -0.15) is 0 Å². The van der Waals surface area contributed by atoms with E-state index < -0.39 is 0 Å². The molecule has 0 radical (unpaired) electrons. The SMILES string of the molecule is CCC1OCCC1CNCc1cccc(OC(C)C)c1. The number of ether oxygens (including phenoxy) is 2. The summed E-state index contributed by atoms with van der Waals surface area (Å²) in [4.78, 5) is 0. The molecule has 0 saturated carbocycles. The van der Waals surface area contributed by atoms with Gasteiger partial charge in [-0.25, -0.2) is 0 Å². The largest absolute Gasteiger partial charge is 0.491 e. The van der Waals surface area contributed by atoms with Crippen molar-refractivity contribution >= 4 is 0 Å². The lowest BCUT2D eigenvalue weighted by Gasteiger charge is -2.17. The first kappa shape index (κ1) is 15.3. The first-order valence-corrected chi connectivity index (χ1v) is 7.77. The molecule has 20 heavy (non-hydrogen) atoms. The molecule has 1 fully saturated rings. The molecule has 0 bridgehead atoms. The van der Waals surface area contributed by atoms with Crippen molar-refractivity contribution in [2.24, 2.45) is 5.92 Å². The van der Waals surface area contributed by atoms with Crippen molar-refractivity contribution in [3.05, 3.63) is 29.8 Å². The topological polar surface area (TPSA) is 30.5 Å². The fraction of sp³-hybridized carbons (Fsp3) is 0.647. The quantitative estimate of drug-likeness (QED) is 0.829. The Morgan fingerprint density at radius 2 is 2.25 bits per heavy atom. The van der Waals surface area contributed by atoms with Crippen LogP contribution in [0.25, 0.3) is 0 Å². The van der Waals surface area contributed by atoms with Crippen molar-refractivity contribution in [1.29, 1.82) is 0 Å². The van der Waals surface area contributed by atoms with E-state index in [1.807, 2.05) is 6.07 Å². The van der Waals surface area contributed by atoms with E-state index in [0.717, 1.165) is 31.9 Å². The van der Waals surface area contributed by atoms with Crippen molar-refractivity contribution < 1.29 is 9.47 Å². The van der Waals surface area contributed by atoms with E-state index in [4.69, 9.17) is 9.47 Å². The molecular formula is C17H27NO2. The van der Waals surface area contributed by atoms with Crippen LogP contribution in [-0.2, 0) is 11.3 Å². The normalized spacial score (nSPS) is 22.4. The molecule has 0 amide bonds. The molecule has 0 aliphatic carbocycles. The number of benzene rings is 1. The zero-order valence-corrected chi connectivity index (χ0v) is 12.9. The second-order valence-corrected chi connectivity index (χ2v) is 5.81. The summed E-state index contributed by atoms with van der Waals surface area (Å²) in [7, 11) is 0. The first-order chi connectivity index (χ1) is 9.69. The number of hydrogen-bond donors (Lipinski definition) is 1. The highest BCUT2D eigenvalue weighted by atomic mass is 16.5. The van der Waals surface area contributed by atoms with Gasteiger partial charge in [0.1, 0.15) is 5.75 Å². The van der Waals surface area contributed by atoms with Crippen molar-refractivity contribution in [3.8, 4) is 5.75 Å². The van der Waals surface area contributed by atoms with Gasteiger partial charge in [0, 0.05) is 19.7 Å². The Balaban J connectivity index is 1.79. The predicted molar refractivity (Wildman–Crippen MR) is 82.1 cm³/mol. The first-order valence-electron chi connectivity index (χ1n) is 7.77. The molecule has 1 aromatic carbocycles. The molecule has 1 heterocycles. The molecule has 112 valence electrons. The van der Waals surface area contributed by atoms with Gasteiger partial charge < -0.3 is 14.8 Å². The van der Waals surface area contributed by atoms with E-state index in [1.54, 1.807) is 0 Å². The van der Waals surface area contributed by atoms with Crippen LogP contribution in [0.2, 0.25) is 0 Å². The summed E-state index contributed by atoms with van der Waals surface area (Å²) in [5.74, 6) is 1.62. The minimum Gasteiger partial charge on any atom is -0.491 e. The fourth-order valence-corrected chi connectivity index (χ4v) is 2.78. The second kappa shape index (κ2) is 7.65. The van der Waals surface area contributed by atoms with Gasteiger partial charge in [-0.3, -0.25) is 0 Å². The van der Waals surface area contributed by atoms with E-state index in [-0.39, 0.29) is 6.10 Å². The Bertz CT molecular complexity index is 406. The van der Waals surface area contributed by atoms with Gasteiger partial charge >= 0.3 is 0 Å². The molecule has 0 aromatic heterocycles. The second-order valence-electron chi connectivity index (χ2n) is 5.81. The van der Waals surface area contributed by atoms with Crippen LogP contribution in [0.4, 0.5) is 0 Å². The maximum absolute atomic E-state index is 5.72. The van der Waals surface area contributed by atoms with Crippen LogP contribution >= 0.6 is 0 Å². The van der Waals surface area contributed by atoms with Crippen LogP contribution in [0.1, 0.15) is 39.2 Å². The summed E-state index contributed by atoms with van der Waals surface area (Å²) in [6.45, 7) is 9.15. The average molecular weight is 277 g/mol. The lowest BCUT2D eigenvalue weighted by atomic mass is 9.99. The molecule has 1 saturated heterocycles. The Hall–Kier alpha value is -1.06. The molecule has 1 aromatic rings. The van der Waals surface area contributed by atoms with Crippen molar-refractivity contribution in [2.45, 2.75) is 52.4 Å². The van der Waals surface area contributed by atoms with Gasteiger partial charge in [0.2, 0.25) is 0 Å².